The Labute approximate surface area is 133 Å². The summed E-state index contributed by atoms with van der Waals surface area (Å²) in [6, 6.07) is 0. The topological polar surface area (TPSA) is 64.1 Å². The Morgan fingerprint density at radius 2 is 1.05 bits per heavy atom. The predicted molar refractivity (Wildman–Crippen MR) is 95.3 cm³/mol. The van der Waals surface area contributed by atoms with Gasteiger partial charge in [-0.25, -0.2) is 0 Å². The fraction of sp³-hybridized carbons (Fsp3) is 1.00. The zero-order chi connectivity index (χ0) is 15.6. The van der Waals surface area contributed by atoms with Gasteiger partial charge in [-0.05, 0) is 32.4 Å². The Bertz CT molecular complexity index is 183. The summed E-state index contributed by atoms with van der Waals surface area (Å²) >= 11 is 0. The lowest BCUT2D eigenvalue weighted by Gasteiger charge is -2.06. The summed E-state index contributed by atoms with van der Waals surface area (Å²) in [5.74, 6) is 0. The average molecular weight is 300 g/mol. The minimum atomic E-state index is -0.140. The molecule has 0 unspecified atom stereocenters. The third-order valence-electron chi connectivity index (χ3n) is 4.10. The largest absolute Gasteiger partial charge is 0.317 e. The molecule has 21 heavy (non-hydrogen) atoms. The van der Waals surface area contributed by atoms with E-state index in [-0.39, 0.29) is 6.17 Å². The van der Waals surface area contributed by atoms with Crippen molar-refractivity contribution in [2.75, 3.05) is 13.1 Å². The molecule has 3 heteroatoms. The maximum Gasteiger partial charge on any atom is 0.0521 e. The molecule has 5 N–H and O–H groups in total. The molecule has 0 radical (unpaired) electrons. The van der Waals surface area contributed by atoms with Gasteiger partial charge in [0.25, 0.3) is 0 Å². The van der Waals surface area contributed by atoms with Crippen LogP contribution in [-0.2, 0) is 0 Å². The highest BCUT2D eigenvalue weighted by Crippen LogP contribution is 2.11. The minimum Gasteiger partial charge on any atom is -0.317 e. The molecule has 0 heterocycles. The van der Waals surface area contributed by atoms with Gasteiger partial charge in [0.2, 0.25) is 0 Å². The van der Waals surface area contributed by atoms with Gasteiger partial charge in [-0.3, -0.25) is 0 Å². The highest BCUT2D eigenvalue weighted by atomic mass is 14.9. The second kappa shape index (κ2) is 17.9. The van der Waals surface area contributed by atoms with Crippen molar-refractivity contribution in [3.63, 3.8) is 0 Å². The smallest absolute Gasteiger partial charge is 0.0521 e. The first kappa shape index (κ1) is 20.9. The molecule has 128 valence electrons. The van der Waals surface area contributed by atoms with Crippen LogP contribution in [0, 0.1) is 0 Å². The van der Waals surface area contributed by atoms with Crippen LogP contribution in [0.3, 0.4) is 0 Å². The first-order valence-electron chi connectivity index (χ1n) is 9.49. The molecule has 0 aliphatic rings. The Hall–Kier alpha value is -0.120. The number of nitrogens with two attached hydrogens (primary N) is 2. The molecule has 0 saturated carbocycles. The van der Waals surface area contributed by atoms with Crippen LogP contribution in [0.1, 0.15) is 96.8 Å². The molecule has 0 aliphatic heterocycles. The number of rotatable bonds is 17. The van der Waals surface area contributed by atoms with Gasteiger partial charge in [0.15, 0.2) is 0 Å². The number of hydrogen-bond acceptors (Lipinski definition) is 3. The van der Waals surface area contributed by atoms with E-state index in [1.807, 2.05) is 0 Å². The van der Waals surface area contributed by atoms with Crippen LogP contribution in [0.15, 0.2) is 0 Å². The van der Waals surface area contributed by atoms with Gasteiger partial charge in [0, 0.05) is 0 Å². The third-order valence-corrected chi connectivity index (χ3v) is 4.10. The molecule has 0 rings (SSSR count). The first-order valence-corrected chi connectivity index (χ1v) is 9.49. The summed E-state index contributed by atoms with van der Waals surface area (Å²) in [5.41, 5.74) is 11.0. The summed E-state index contributed by atoms with van der Waals surface area (Å²) in [7, 11) is 0. The SMILES string of the molecule is CCCCCCCCCCCCCCNCCCC(N)N. The van der Waals surface area contributed by atoms with Crippen LogP contribution in [-0.4, -0.2) is 19.3 Å². The first-order chi connectivity index (χ1) is 10.3. The van der Waals surface area contributed by atoms with Crippen molar-refractivity contribution in [2.24, 2.45) is 11.5 Å². The fourth-order valence-corrected chi connectivity index (χ4v) is 2.68. The molecule has 0 fully saturated rings. The second-order valence-corrected chi connectivity index (χ2v) is 6.45. The van der Waals surface area contributed by atoms with Crippen molar-refractivity contribution in [3.05, 3.63) is 0 Å². The van der Waals surface area contributed by atoms with Crippen molar-refractivity contribution < 1.29 is 0 Å². The summed E-state index contributed by atoms with van der Waals surface area (Å²) in [5, 5.41) is 3.47. The summed E-state index contributed by atoms with van der Waals surface area (Å²) in [4.78, 5) is 0. The normalized spacial score (nSPS) is 11.4. The maximum atomic E-state index is 5.50. The zero-order valence-electron chi connectivity index (χ0n) is 14.5. The zero-order valence-corrected chi connectivity index (χ0v) is 14.5. The lowest BCUT2D eigenvalue weighted by Crippen LogP contribution is -2.31. The lowest BCUT2D eigenvalue weighted by molar-refractivity contribution is 0.524. The van der Waals surface area contributed by atoms with Crippen LogP contribution in [0.4, 0.5) is 0 Å². The Morgan fingerprint density at radius 3 is 1.52 bits per heavy atom. The second-order valence-electron chi connectivity index (χ2n) is 6.45. The highest BCUT2D eigenvalue weighted by Gasteiger charge is 1.95. The van der Waals surface area contributed by atoms with Gasteiger partial charge < -0.3 is 16.8 Å². The van der Waals surface area contributed by atoms with Crippen LogP contribution >= 0.6 is 0 Å². The number of nitrogens with one attached hydrogen (secondary N) is 1. The number of hydrogen-bond donors (Lipinski definition) is 3. The average Bonchev–Trinajstić information content (AvgIpc) is 2.46. The maximum absolute atomic E-state index is 5.50. The molecule has 0 aromatic heterocycles. The van der Waals surface area contributed by atoms with E-state index in [1.54, 1.807) is 0 Å². The molecule has 0 aromatic rings. The molecule has 0 aromatic carbocycles. The lowest BCUT2D eigenvalue weighted by atomic mass is 10.1. The molecule has 3 nitrogen and oxygen atoms in total. The standard InChI is InChI=1S/C18H41N3/c1-2-3-4-5-6-7-8-9-10-11-12-13-16-21-17-14-15-18(19)20/h18,21H,2-17,19-20H2,1H3. The fourth-order valence-electron chi connectivity index (χ4n) is 2.68. The third kappa shape index (κ3) is 19.9. The van der Waals surface area contributed by atoms with Crippen LogP contribution in [0.25, 0.3) is 0 Å². The summed E-state index contributed by atoms with van der Waals surface area (Å²) in [6.07, 6.45) is 18.9. The van der Waals surface area contributed by atoms with Crippen molar-refractivity contribution in [1.29, 1.82) is 0 Å². The van der Waals surface area contributed by atoms with Gasteiger partial charge >= 0.3 is 0 Å². The van der Waals surface area contributed by atoms with Gasteiger partial charge in [-0.15, -0.1) is 0 Å². The molecular formula is C18H41N3. The van der Waals surface area contributed by atoms with Crippen molar-refractivity contribution >= 4 is 0 Å². The predicted octanol–water partition coefficient (Wildman–Crippen LogP) is 4.30. The molecule has 0 spiro atoms. The monoisotopic (exact) mass is 299 g/mol. The van der Waals surface area contributed by atoms with Gasteiger partial charge in [-0.2, -0.15) is 0 Å². The molecule has 0 atom stereocenters. The highest BCUT2D eigenvalue weighted by molar-refractivity contribution is 4.55. The molecule has 0 amide bonds. The van der Waals surface area contributed by atoms with E-state index >= 15 is 0 Å². The van der Waals surface area contributed by atoms with Crippen molar-refractivity contribution in [3.8, 4) is 0 Å². The molecule has 0 bridgehead atoms. The molecule has 0 aliphatic carbocycles. The van der Waals surface area contributed by atoms with E-state index in [2.05, 4.69) is 12.2 Å². The van der Waals surface area contributed by atoms with Crippen LogP contribution in [0.2, 0.25) is 0 Å². The van der Waals surface area contributed by atoms with E-state index in [0.29, 0.717) is 0 Å². The molecule has 0 saturated heterocycles. The molecular weight excluding hydrogens is 258 g/mol. The Kier molecular flexibility index (Phi) is 17.8. The van der Waals surface area contributed by atoms with E-state index in [4.69, 9.17) is 11.5 Å². The minimum absolute atomic E-state index is 0.140. The van der Waals surface area contributed by atoms with E-state index in [0.717, 1.165) is 25.9 Å². The summed E-state index contributed by atoms with van der Waals surface area (Å²) in [6.45, 7) is 4.49. The van der Waals surface area contributed by atoms with Crippen molar-refractivity contribution in [1.82, 2.24) is 5.32 Å². The van der Waals surface area contributed by atoms with Gasteiger partial charge in [0.1, 0.15) is 0 Å². The van der Waals surface area contributed by atoms with Crippen LogP contribution < -0.4 is 16.8 Å². The Balaban J connectivity index is 2.93. The van der Waals surface area contributed by atoms with Crippen molar-refractivity contribution in [2.45, 2.75) is 103 Å². The van der Waals surface area contributed by atoms with Crippen LogP contribution in [0.5, 0.6) is 0 Å². The van der Waals surface area contributed by atoms with E-state index in [9.17, 15) is 0 Å². The summed E-state index contributed by atoms with van der Waals surface area (Å²) < 4.78 is 0. The van der Waals surface area contributed by atoms with Gasteiger partial charge in [0.05, 0.1) is 6.17 Å². The van der Waals surface area contributed by atoms with Gasteiger partial charge in [-0.1, -0.05) is 77.6 Å². The van der Waals surface area contributed by atoms with E-state index in [1.165, 1.54) is 77.0 Å². The Morgan fingerprint density at radius 1 is 0.619 bits per heavy atom. The quantitative estimate of drug-likeness (QED) is 0.277. The number of unbranched alkanes of at least 4 members (excludes halogenated alkanes) is 11. The van der Waals surface area contributed by atoms with E-state index < -0.39 is 0 Å².